The summed E-state index contributed by atoms with van der Waals surface area (Å²) in [6.07, 6.45) is 0.874. The molecule has 0 spiro atoms. The summed E-state index contributed by atoms with van der Waals surface area (Å²) in [4.78, 5) is 12.6. The van der Waals surface area contributed by atoms with Crippen LogP contribution >= 0.6 is 0 Å². The quantitative estimate of drug-likeness (QED) is 0.862. The summed E-state index contributed by atoms with van der Waals surface area (Å²) in [7, 11) is 0. The Morgan fingerprint density at radius 2 is 1.64 bits per heavy atom. The van der Waals surface area contributed by atoms with Crippen LogP contribution in [0.25, 0.3) is 0 Å². The van der Waals surface area contributed by atoms with Crippen LogP contribution in [0, 0.1) is 27.7 Å². The highest BCUT2D eigenvalue weighted by Gasteiger charge is 2.16. The molecule has 0 heterocycles. The van der Waals surface area contributed by atoms with E-state index in [1.165, 1.54) is 16.7 Å². The summed E-state index contributed by atoms with van der Waals surface area (Å²) in [5.41, 5.74) is 6.59. The maximum atomic E-state index is 12.6. The van der Waals surface area contributed by atoms with Gasteiger partial charge in [-0.15, -0.1) is 0 Å². The third-order valence-corrected chi connectivity index (χ3v) is 4.28. The molecule has 1 unspecified atom stereocenters. The van der Waals surface area contributed by atoms with Crippen molar-refractivity contribution >= 4 is 5.91 Å². The molecular weight excluding hydrogens is 270 g/mol. The smallest absolute Gasteiger partial charge is 0.252 e. The summed E-state index contributed by atoms with van der Waals surface area (Å²) in [5.74, 6) is 0.00581. The third-order valence-electron chi connectivity index (χ3n) is 4.28. The fourth-order valence-electron chi connectivity index (χ4n) is 2.62. The fraction of sp³-hybridized carbons (Fsp3) is 0.350. The molecule has 1 amide bonds. The molecule has 116 valence electrons. The lowest BCUT2D eigenvalue weighted by atomic mass is 9.98. The SMILES string of the molecule is CCC(NC(=O)c1cc(C)ccc1C)c1ccc(C)c(C)c1. The average Bonchev–Trinajstić information content (AvgIpc) is 2.50. The Kier molecular flexibility index (Phi) is 5.02. The predicted molar refractivity (Wildman–Crippen MR) is 92.3 cm³/mol. The van der Waals surface area contributed by atoms with Gasteiger partial charge < -0.3 is 5.32 Å². The third kappa shape index (κ3) is 3.56. The van der Waals surface area contributed by atoms with E-state index in [2.05, 4.69) is 44.3 Å². The van der Waals surface area contributed by atoms with Crippen molar-refractivity contribution in [2.45, 2.75) is 47.1 Å². The number of benzene rings is 2. The molecule has 2 nitrogen and oxygen atoms in total. The van der Waals surface area contributed by atoms with Gasteiger partial charge in [0, 0.05) is 5.56 Å². The number of hydrogen-bond donors (Lipinski definition) is 1. The molecule has 2 heteroatoms. The molecule has 2 rings (SSSR count). The van der Waals surface area contributed by atoms with Crippen LogP contribution < -0.4 is 5.32 Å². The van der Waals surface area contributed by atoms with Crippen molar-refractivity contribution in [2.24, 2.45) is 0 Å². The van der Waals surface area contributed by atoms with E-state index in [4.69, 9.17) is 0 Å². The Hall–Kier alpha value is -2.09. The van der Waals surface area contributed by atoms with Gasteiger partial charge in [0.1, 0.15) is 0 Å². The molecule has 1 atom stereocenters. The van der Waals surface area contributed by atoms with Crippen molar-refractivity contribution in [3.05, 3.63) is 69.8 Å². The topological polar surface area (TPSA) is 29.1 Å². The van der Waals surface area contributed by atoms with Crippen molar-refractivity contribution in [1.29, 1.82) is 0 Å². The van der Waals surface area contributed by atoms with E-state index in [-0.39, 0.29) is 11.9 Å². The molecule has 1 N–H and O–H groups in total. The van der Waals surface area contributed by atoms with E-state index >= 15 is 0 Å². The molecule has 22 heavy (non-hydrogen) atoms. The maximum Gasteiger partial charge on any atom is 0.252 e. The Morgan fingerprint density at radius 1 is 0.955 bits per heavy atom. The van der Waals surface area contributed by atoms with Gasteiger partial charge in [-0.3, -0.25) is 4.79 Å². The first-order chi connectivity index (χ1) is 10.4. The number of rotatable bonds is 4. The second-order valence-electron chi connectivity index (χ2n) is 6.10. The predicted octanol–water partition coefficient (Wildman–Crippen LogP) is 4.80. The minimum Gasteiger partial charge on any atom is -0.345 e. The number of amides is 1. The largest absolute Gasteiger partial charge is 0.345 e. The van der Waals surface area contributed by atoms with Crippen molar-refractivity contribution in [1.82, 2.24) is 5.32 Å². The Morgan fingerprint density at radius 3 is 2.27 bits per heavy atom. The second-order valence-corrected chi connectivity index (χ2v) is 6.10. The summed E-state index contributed by atoms with van der Waals surface area (Å²) >= 11 is 0. The van der Waals surface area contributed by atoms with E-state index in [1.54, 1.807) is 0 Å². The van der Waals surface area contributed by atoms with Crippen LogP contribution in [-0.2, 0) is 0 Å². The lowest BCUT2D eigenvalue weighted by molar-refractivity contribution is 0.0935. The summed E-state index contributed by atoms with van der Waals surface area (Å²) in [6.45, 7) is 10.3. The minimum atomic E-state index is 0.00581. The van der Waals surface area contributed by atoms with Crippen molar-refractivity contribution in [3.8, 4) is 0 Å². The van der Waals surface area contributed by atoms with E-state index in [9.17, 15) is 4.79 Å². The van der Waals surface area contributed by atoms with Gasteiger partial charge in [-0.05, 0) is 62.4 Å². The highest BCUT2D eigenvalue weighted by Crippen LogP contribution is 2.21. The first-order valence-electron chi connectivity index (χ1n) is 7.87. The average molecular weight is 295 g/mol. The molecule has 0 aliphatic heterocycles. The molecule has 0 bridgehead atoms. The monoisotopic (exact) mass is 295 g/mol. The summed E-state index contributed by atoms with van der Waals surface area (Å²) < 4.78 is 0. The minimum absolute atomic E-state index is 0.00581. The zero-order valence-electron chi connectivity index (χ0n) is 14.2. The number of nitrogens with one attached hydrogen (secondary N) is 1. The number of hydrogen-bond acceptors (Lipinski definition) is 1. The highest BCUT2D eigenvalue weighted by molar-refractivity contribution is 5.96. The van der Waals surface area contributed by atoms with Crippen LogP contribution in [0.3, 0.4) is 0 Å². The lowest BCUT2D eigenvalue weighted by Crippen LogP contribution is -2.28. The van der Waals surface area contributed by atoms with Gasteiger partial charge in [-0.1, -0.05) is 42.8 Å². The van der Waals surface area contributed by atoms with Crippen LogP contribution in [0.2, 0.25) is 0 Å². The molecule has 0 saturated heterocycles. The standard InChI is InChI=1S/C20H25NO/c1-6-19(17-10-9-14(3)16(5)12-17)21-20(22)18-11-13(2)7-8-15(18)4/h7-12,19H,6H2,1-5H3,(H,21,22). The van der Waals surface area contributed by atoms with Crippen LogP contribution in [-0.4, -0.2) is 5.91 Å². The van der Waals surface area contributed by atoms with Crippen molar-refractivity contribution in [2.75, 3.05) is 0 Å². The number of carbonyl (C=O) groups excluding carboxylic acids is 1. The molecule has 0 aliphatic rings. The molecule has 0 radical (unpaired) electrons. The molecular formula is C20H25NO. The molecule has 2 aromatic rings. The van der Waals surface area contributed by atoms with Gasteiger partial charge in [-0.25, -0.2) is 0 Å². The van der Waals surface area contributed by atoms with Gasteiger partial charge in [0.25, 0.3) is 5.91 Å². The Balaban J connectivity index is 2.24. The lowest BCUT2D eigenvalue weighted by Gasteiger charge is -2.19. The first kappa shape index (κ1) is 16.3. The van der Waals surface area contributed by atoms with Crippen molar-refractivity contribution < 1.29 is 4.79 Å². The van der Waals surface area contributed by atoms with Gasteiger partial charge in [0.15, 0.2) is 0 Å². The van der Waals surface area contributed by atoms with Crippen LogP contribution in [0.4, 0.5) is 0 Å². The van der Waals surface area contributed by atoms with Gasteiger partial charge in [0.2, 0.25) is 0 Å². The molecule has 0 saturated carbocycles. The van der Waals surface area contributed by atoms with E-state index in [0.717, 1.165) is 23.1 Å². The summed E-state index contributed by atoms with van der Waals surface area (Å²) in [5, 5.41) is 3.18. The first-order valence-corrected chi connectivity index (χ1v) is 7.87. The molecule has 0 aliphatic carbocycles. The Labute approximate surface area is 133 Å². The molecule has 0 aromatic heterocycles. The van der Waals surface area contributed by atoms with Gasteiger partial charge in [-0.2, -0.15) is 0 Å². The molecule has 2 aromatic carbocycles. The van der Waals surface area contributed by atoms with E-state index in [1.807, 2.05) is 32.0 Å². The highest BCUT2D eigenvalue weighted by atomic mass is 16.1. The maximum absolute atomic E-state index is 12.6. The molecule has 0 fully saturated rings. The number of aryl methyl sites for hydroxylation is 4. The van der Waals surface area contributed by atoms with Gasteiger partial charge in [0.05, 0.1) is 6.04 Å². The second kappa shape index (κ2) is 6.78. The normalized spacial score (nSPS) is 12.0. The van der Waals surface area contributed by atoms with E-state index in [0.29, 0.717) is 0 Å². The van der Waals surface area contributed by atoms with Crippen LogP contribution in [0.15, 0.2) is 36.4 Å². The van der Waals surface area contributed by atoms with Crippen LogP contribution in [0.5, 0.6) is 0 Å². The zero-order valence-corrected chi connectivity index (χ0v) is 14.2. The van der Waals surface area contributed by atoms with Gasteiger partial charge >= 0.3 is 0 Å². The fourth-order valence-corrected chi connectivity index (χ4v) is 2.62. The van der Waals surface area contributed by atoms with Crippen LogP contribution in [0.1, 0.15) is 57.6 Å². The number of carbonyl (C=O) groups is 1. The van der Waals surface area contributed by atoms with E-state index < -0.39 is 0 Å². The Bertz CT molecular complexity index is 688. The summed E-state index contributed by atoms with van der Waals surface area (Å²) in [6, 6.07) is 12.4. The zero-order chi connectivity index (χ0) is 16.3. The van der Waals surface area contributed by atoms with Crippen molar-refractivity contribution in [3.63, 3.8) is 0 Å².